The third-order valence-corrected chi connectivity index (χ3v) is 6.14. The summed E-state index contributed by atoms with van der Waals surface area (Å²) in [6.45, 7) is 1.77. The van der Waals surface area contributed by atoms with Gasteiger partial charge in [-0.3, -0.25) is 0 Å². The van der Waals surface area contributed by atoms with Crippen molar-refractivity contribution in [3.8, 4) is 0 Å². The van der Waals surface area contributed by atoms with Gasteiger partial charge in [0, 0.05) is 38.3 Å². The molecule has 0 N–H and O–H groups in total. The summed E-state index contributed by atoms with van der Waals surface area (Å²) in [6.07, 6.45) is 3.73. The number of nitrogens with zero attached hydrogens (tertiary/aromatic N) is 2. The lowest BCUT2D eigenvalue weighted by molar-refractivity contribution is 0.274. The lowest BCUT2D eigenvalue weighted by atomic mass is 10.0. The average Bonchev–Trinajstić information content (AvgIpc) is 2.35. The summed E-state index contributed by atoms with van der Waals surface area (Å²) in [4.78, 5) is 0. The maximum atomic E-state index is 12.2. The first-order valence-electron chi connectivity index (χ1n) is 5.78. The second-order valence-corrected chi connectivity index (χ2v) is 7.65. The maximum Gasteiger partial charge on any atom is 0.281 e. The van der Waals surface area contributed by atoms with E-state index in [1.807, 2.05) is 6.26 Å². The predicted molar refractivity (Wildman–Crippen MR) is 74.9 cm³/mol. The van der Waals surface area contributed by atoms with Gasteiger partial charge in [-0.05, 0) is 25.0 Å². The van der Waals surface area contributed by atoms with Gasteiger partial charge in [-0.25, -0.2) is 0 Å². The van der Waals surface area contributed by atoms with Gasteiger partial charge in [0.2, 0.25) is 0 Å². The monoisotopic (exact) mass is 300 g/mol. The molecule has 0 aliphatic carbocycles. The summed E-state index contributed by atoms with van der Waals surface area (Å²) in [7, 11) is -1.60. The highest BCUT2D eigenvalue weighted by molar-refractivity contribution is 7.98. The van der Waals surface area contributed by atoms with Crippen LogP contribution in [0.15, 0.2) is 0 Å². The van der Waals surface area contributed by atoms with Gasteiger partial charge in [0.15, 0.2) is 0 Å². The number of hydrogen-bond donors (Lipinski definition) is 0. The molecule has 0 aromatic carbocycles. The zero-order valence-electron chi connectivity index (χ0n) is 10.4. The second-order valence-electron chi connectivity index (χ2n) is 4.32. The van der Waals surface area contributed by atoms with Gasteiger partial charge in [0.05, 0.1) is 0 Å². The van der Waals surface area contributed by atoms with E-state index in [2.05, 4.69) is 0 Å². The number of thioether (sulfide) groups is 1. The van der Waals surface area contributed by atoms with E-state index in [0.29, 0.717) is 31.4 Å². The molecule has 1 aliphatic rings. The van der Waals surface area contributed by atoms with Crippen LogP contribution in [0, 0.1) is 5.92 Å². The zero-order valence-corrected chi connectivity index (χ0v) is 12.8. The molecule has 0 unspecified atom stereocenters. The van der Waals surface area contributed by atoms with Crippen molar-refractivity contribution in [3.63, 3.8) is 0 Å². The van der Waals surface area contributed by atoms with Gasteiger partial charge in [0.25, 0.3) is 10.2 Å². The minimum absolute atomic E-state index is 0.472. The molecule has 0 radical (unpaired) electrons. The highest BCUT2D eigenvalue weighted by Gasteiger charge is 2.30. The second kappa shape index (κ2) is 7.19. The summed E-state index contributed by atoms with van der Waals surface area (Å²) in [5.41, 5.74) is 0. The highest BCUT2D eigenvalue weighted by Crippen LogP contribution is 2.21. The minimum atomic E-state index is -3.26. The Hall–Kier alpha value is 0.510. The Balaban J connectivity index is 2.53. The van der Waals surface area contributed by atoms with Crippen molar-refractivity contribution in [2.45, 2.75) is 12.8 Å². The fourth-order valence-electron chi connectivity index (χ4n) is 1.83. The lowest BCUT2D eigenvalue weighted by Gasteiger charge is -2.33. The molecular weight excluding hydrogens is 280 g/mol. The molecule has 0 bridgehead atoms. The van der Waals surface area contributed by atoms with Gasteiger partial charge in [-0.15, -0.1) is 11.6 Å². The molecule has 1 saturated heterocycles. The van der Waals surface area contributed by atoms with Crippen molar-refractivity contribution in [2.24, 2.45) is 5.92 Å². The third-order valence-electron chi connectivity index (χ3n) is 3.12. The van der Waals surface area contributed by atoms with Crippen molar-refractivity contribution < 1.29 is 8.42 Å². The fourth-order valence-corrected chi connectivity index (χ4v) is 4.10. The normalized spacial score (nSPS) is 20.0. The Morgan fingerprint density at radius 3 is 2.47 bits per heavy atom. The van der Waals surface area contributed by atoms with Crippen molar-refractivity contribution in [2.75, 3.05) is 44.6 Å². The number of rotatable bonds is 6. The van der Waals surface area contributed by atoms with Crippen LogP contribution in [0.2, 0.25) is 0 Å². The topological polar surface area (TPSA) is 40.6 Å². The molecule has 0 atom stereocenters. The van der Waals surface area contributed by atoms with E-state index in [4.69, 9.17) is 11.6 Å². The molecular formula is C10H21ClN2O2S2. The van der Waals surface area contributed by atoms with E-state index in [9.17, 15) is 8.42 Å². The quantitative estimate of drug-likeness (QED) is 0.698. The van der Waals surface area contributed by atoms with Crippen molar-refractivity contribution >= 4 is 33.6 Å². The van der Waals surface area contributed by atoms with E-state index in [0.717, 1.165) is 18.6 Å². The first kappa shape index (κ1) is 15.6. The highest BCUT2D eigenvalue weighted by atomic mass is 35.5. The molecule has 0 amide bonds. The van der Waals surface area contributed by atoms with Crippen molar-refractivity contribution in [3.05, 3.63) is 0 Å². The summed E-state index contributed by atoms with van der Waals surface area (Å²) < 4.78 is 27.4. The van der Waals surface area contributed by atoms with Crippen LogP contribution in [-0.2, 0) is 10.2 Å². The van der Waals surface area contributed by atoms with Crippen LogP contribution in [0.4, 0.5) is 0 Å². The molecule has 1 aliphatic heterocycles. The SMILES string of the molecule is CSCCN(C)S(=O)(=O)N1CCC(CCl)CC1. The molecule has 0 aromatic heterocycles. The van der Waals surface area contributed by atoms with Crippen LogP contribution >= 0.6 is 23.4 Å². The van der Waals surface area contributed by atoms with E-state index < -0.39 is 10.2 Å². The largest absolute Gasteiger partial charge is 0.281 e. The minimum Gasteiger partial charge on any atom is -0.195 e. The number of alkyl halides is 1. The molecule has 0 saturated carbocycles. The van der Waals surface area contributed by atoms with Crippen LogP contribution < -0.4 is 0 Å². The smallest absolute Gasteiger partial charge is 0.195 e. The molecule has 1 fully saturated rings. The van der Waals surface area contributed by atoms with Crippen LogP contribution in [0.25, 0.3) is 0 Å². The molecule has 0 spiro atoms. The van der Waals surface area contributed by atoms with Crippen molar-refractivity contribution in [1.82, 2.24) is 8.61 Å². The Labute approximate surface area is 114 Å². The van der Waals surface area contributed by atoms with Crippen LogP contribution in [0.1, 0.15) is 12.8 Å². The molecule has 1 heterocycles. The van der Waals surface area contributed by atoms with Crippen LogP contribution in [0.5, 0.6) is 0 Å². The average molecular weight is 301 g/mol. The summed E-state index contributed by atoms with van der Waals surface area (Å²) in [5.74, 6) is 1.93. The Morgan fingerprint density at radius 1 is 1.41 bits per heavy atom. The lowest BCUT2D eigenvalue weighted by Crippen LogP contribution is -2.46. The zero-order chi connectivity index (χ0) is 12.9. The summed E-state index contributed by atoms with van der Waals surface area (Å²) in [6, 6.07) is 0. The number of halogens is 1. The first-order chi connectivity index (χ1) is 8.02. The molecule has 4 nitrogen and oxygen atoms in total. The predicted octanol–water partition coefficient (Wildman–Crippen LogP) is 1.48. The summed E-state index contributed by atoms with van der Waals surface area (Å²) >= 11 is 7.45. The van der Waals surface area contributed by atoms with E-state index in [1.165, 1.54) is 4.31 Å². The maximum absolute atomic E-state index is 12.2. The van der Waals surface area contributed by atoms with E-state index >= 15 is 0 Å². The van der Waals surface area contributed by atoms with Gasteiger partial charge in [0.1, 0.15) is 0 Å². The Morgan fingerprint density at radius 2 is 2.00 bits per heavy atom. The van der Waals surface area contributed by atoms with E-state index in [1.54, 1.807) is 23.1 Å². The summed E-state index contributed by atoms with van der Waals surface area (Å²) in [5, 5.41) is 0. The molecule has 7 heteroatoms. The Bertz CT molecular complexity index is 316. The molecule has 102 valence electrons. The van der Waals surface area contributed by atoms with Crippen LogP contribution in [-0.4, -0.2) is 61.6 Å². The molecule has 1 rings (SSSR count). The fraction of sp³-hybridized carbons (Fsp3) is 1.00. The van der Waals surface area contributed by atoms with Gasteiger partial charge in [-0.1, -0.05) is 0 Å². The van der Waals surface area contributed by atoms with Crippen LogP contribution in [0.3, 0.4) is 0 Å². The third kappa shape index (κ3) is 4.28. The van der Waals surface area contributed by atoms with Gasteiger partial charge < -0.3 is 0 Å². The first-order valence-corrected chi connectivity index (χ1v) is 9.11. The molecule has 0 aromatic rings. The van der Waals surface area contributed by atoms with Gasteiger partial charge in [-0.2, -0.15) is 28.8 Å². The number of hydrogen-bond acceptors (Lipinski definition) is 3. The molecule has 17 heavy (non-hydrogen) atoms. The Kier molecular flexibility index (Phi) is 6.58. The van der Waals surface area contributed by atoms with Gasteiger partial charge >= 0.3 is 0 Å². The van der Waals surface area contributed by atoms with E-state index in [-0.39, 0.29) is 0 Å². The van der Waals surface area contributed by atoms with Crippen molar-refractivity contribution in [1.29, 1.82) is 0 Å². The number of piperidine rings is 1. The standard InChI is InChI=1S/C10H21ClN2O2S2/c1-12(7-8-16-2)17(14,15)13-5-3-10(9-11)4-6-13/h10H,3-9H2,1-2H3.